The Morgan fingerprint density at radius 3 is 2.78 bits per heavy atom. The number of thiazole rings is 1. The lowest BCUT2D eigenvalue weighted by Crippen LogP contribution is -2.25. The maximum Gasteiger partial charge on any atom is 0.270 e. The first-order valence-corrected chi connectivity index (χ1v) is 7.99. The Bertz CT molecular complexity index is 760. The van der Waals surface area contributed by atoms with Crippen LogP contribution in [0.3, 0.4) is 0 Å². The van der Waals surface area contributed by atoms with Gasteiger partial charge in [-0.15, -0.1) is 11.3 Å². The molecule has 0 saturated carbocycles. The molecule has 0 atom stereocenters. The van der Waals surface area contributed by atoms with E-state index < -0.39 is 0 Å². The smallest absolute Gasteiger partial charge is 0.270 e. The molecule has 3 heterocycles. The molecule has 2 N–H and O–H groups in total. The maximum atomic E-state index is 12.1. The third-order valence-electron chi connectivity index (χ3n) is 3.10. The first-order valence-electron chi connectivity index (χ1n) is 7.11. The average Bonchev–Trinajstić information content (AvgIpc) is 3.05. The fourth-order valence-corrected chi connectivity index (χ4v) is 2.67. The van der Waals surface area contributed by atoms with Gasteiger partial charge in [0.05, 0.1) is 11.9 Å². The number of hydrogen-bond donors (Lipinski definition) is 2. The van der Waals surface area contributed by atoms with E-state index in [2.05, 4.69) is 25.6 Å². The zero-order chi connectivity index (χ0) is 15.9. The summed E-state index contributed by atoms with van der Waals surface area (Å²) in [4.78, 5) is 24.4. The van der Waals surface area contributed by atoms with Crippen LogP contribution in [0.4, 0.5) is 10.8 Å². The molecular formula is C16H15N5OS. The van der Waals surface area contributed by atoms with Gasteiger partial charge in [0.1, 0.15) is 5.69 Å². The van der Waals surface area contributed by atoms with E-state index >= 15 is 0 Å². The Morgan fingerprint density at radius 2 is 2.00 bits per heavy atom. The molecule has 3 aromatic rings. The molecule has 1 amide bonds. The molecule has 3 rings (SSSR count). The molecule has 0 radical (unpaired) electrons. The van der Waals surface area contributed by atoms with Crippen LogP contribution in [0.1, 0.15) is 16.1 Å². The van der Waals surface area contributed by atoms with Crippen molar-refractivity contribution >= 4 is 28.1 Å². The van der Waals surface area contributed by atoms with Gasteiger partial charge < -0.3 is 10.6 Å². The number of rotatable bonds is 6. The normalized spacial score (nSPS) is 10.3. The van der Waals surface area contributed by atoms with E-state index in [1.165, 1.54) is 11.3 Å². The van der Waals surface area contributed by atoms with E-state index in [1.807, 2.05) is 24.3 Å². The topological polar surface area (TPSA) is 79.8 Å². The van der Waals surface area contributed by atoms with Crippen molar-refractivity contribution in [1.82, 2.24) is 20.3 Å². The van der Waals surface area contributed by atoms with Crippen molar-refractivity contribution in [3.05, 3.63) is 65.7 Å². The van der Waals surface area contributed by atoms with Gasteiger partial charge in [0, 0.05) is 30.5 Å². The number of aromatic nitrogens is 3. The molecule has 6 nitrogen and oxygen atoms in total. The van der Waals surface area contributed by atoms with Crippen LogP contribution in [0.25, 0.3) is 0 Å². The largest absolute Gasteiger partial charge is 0.350 e. The molecule has 0 aliphatic rings. The van der Waals surface area contributed by atoms with E-state index in [4.69, 9.17) is 0 Å². The van der Waals surface area contributed by atoms with E-state index in [0.717, 1.165) is 17.7 Å². The fraction of sp³-hybridized carbons (Fsp3) is 0.125. The fourth-order valence-electron chi connectivity index (χ4n) is 1.96. The van der Waals surface area contributed by atoms with Crippen molar-refractivity contribution < 1.29 is 4.79 Å². The zero-order valence-electron chi connectivity index (χ0n) is 12.3. The molecule has 0 spiro atoms. The minimum atomic E-state index is -0.172. The Balaban J connectivity index is 1.52. The second kappa shape index (κ2) is 7.46. The van der Waals surface area contributed by atoms with Gasteiger partial charge in [0.25, 0.3) is 5.91 Å². The lowest BCUT2D eigenvalue weighted by molar-refractivity contribution is 0.0950. The summed E-state index contributed by atoms with van der Waals surface area (Å²) in [6.45, 7) is 0.561. The van der Waals surface area contributed by atoms with Crippen LogP contribution in [-0.4, -0.2) is 27.4 Å². The minimum Gasteiger partial charge on any atom is -0.350 e. The number of carbonyl (C=O) groups excluding carboxylic acids is 1. The zero-order valence-corrected chi connectivity index (χ0v) is 13.1. The van der Waals surface area contributed by atoms with E-state index in [0.29, 0.717) is 17.4 Å². The number of anilines is 2. The predicted molar refractivity (Wildman–Crippen MR) is 89.9 cm³/mol. The third kappa shape index (κ3) is 4.33. The van der Waals surface area contributed by atoms with Crippen LogP contribution in [0, 0.1) is 0 Å². The summed E-state index contributed by atoms with van der Waals surface area (Å²) in [7, 11) is 0. The highest BCUT2D eigenvalue weighted by atomic mass is 32.1. The van der Waals surface area contributed by atoms with Crippen LogP contribution in [-0.2, 0) is 6.42 Å². The van der Waals surface area contributed by atoms with Gasteiger partial charge in [-0.3, -0.25) is 14.8 Å². The summed E-state index contributed by atoms with van der Waals surface area (Å²) < 4.78 is 0. The summed E-state index contributed by atoms with van der Waals surface area (Å²) in [6, 6.07) is 7.60. The Hall–Kier alpha value is -2.80. The van der Waals surface area contributed by atoms with Crippen LogP contribution in [0.15, 0.2) is 54.4 Å². The van der Waals surface area contributed by atoms with Gasteiger partial charge in [-0.05, 0) is 36.2 Å². The second-order valence-corrected chi connectivity index (χ2v) is 5.62. The van der Waals surface area contributed by atoms with Gasteiger partial charge in [-0.2, -0.15) is 0 Å². The maximum absolute atomic E-state index is 12.1. The van der Waals surface area contributed by atoms with Crippen molar-refractivity contribution in [2.75, 3.05) is 11.9 Å². The number of hydrogen-bond acceptors (Lipinski definition) is 6. The summed E-state index contributed by atoms with van der Waals surface area (Å²) in [5, 5.41) is 8.39. The van der Waals surface area contributed by atoms with Gasteiger partial charge in [-0.1, -0.05) is 0 Å². The number of pyridine rings is 2. The van der Waals surface area contributed by atoms with Gasteiger partial charge in [0.15, 0.2) is 5.13 Å². The Morgan fingerprint density at radius 1 is 1.13 bits per heavy atom. The Kier molecular flexibility index (Phi) is 4.90. The van der Waals surface area contributed by atoms with Crippen LogP contribution >= 0.6 is 11.3 Å². The van der Waals surface area contributed by atoms with Crippen LogP contribution in [0.5, 0.6) is 0 Å². The van der Waals surface area contributed by atoms with E-state index in [9.17, 15) is 4.79 Å². The lowest BCUT2D eigenvalue weighted by atomic mass is 10.2. The monoisotopic (exact) mass is 325 g/mol. The first-order chi connectivity index (χ1) is 11.3. The van der Waals surface area contributed by atoms with Crippen molar-refractivity contribution in [2.45, 2.75) is 6.42 Å². The number of amides is 1. The molecule has 0 aliphatic heterocycles. The van der Waals surface area contributed by atoms with E-state index in [1.54, 1.807) is 30.2 Å². The SMILES string of the molecule is O=C(NCCc1ccncc1)c1csc(Nc2cccnc2)n1. The van der Waals surface area contributed by atoms with Crippen LogP contribution < -0.4 is 10.6 Å². The van der Waals surface area contributed by atoms with E-state index in [-0.39, 0.29) is 5.91 Å². The molecule has 0 saturated heterocycles. The van der Waals surface area contributed by atoms with Gasteiger partial charge >= 0.3 is 0 Å². The summed E-state index contributed by atoms with van der Waals surface area (Å²) in [6.07, 6.45) is 7.66. The summed E-state index contributed by atoms with van der Waals surface area (Å²) in [5.41, 5.74) is 2.39. The van der Waals surface area contributed by atoms with Gasteiger partial charge in [0.2, 0.25) is 0 Å². The molecule has 3 aromatic heterocycles. The molecule has 0 fully saturated rings. The quantitative estimate of drug-likeness (QED) is 0.728. The molecular weight excluding hydrogens is 310 g/mol. The molecule has 0 bridgehead atoms. The molecule has 0 aromatic carbocycles. The van der Waals surface area contributed by atoms with Crippen molar-refractivity contribution in [2.24, 2.45) is 0 Å². The van der Waals surface area contributed by atoms with Crippen LogP contribution in [0.2, 0.25) is 0 Å². The Labute approximate surface area is 137 Å². The predicted octanol–water partition coefficient (Wildman–Crippen LogP) is 2.65. The number of nitrogens with zero attached hydrogens (tertiary/aromatic N) is 3. The highest BCUT2D eigenvalue weighted by molar-refractivity contribution is 7.14. The van der Waals surface area contributed by atoms with Crippen molar-refractivity contribution in [1.29, 1.82) is 0 Å². The second-order valence-electron chi connectivity index (χ2n) is 4.77. The number of nitrogens with one attached hydrogen (secondary N) is 2. The lowest BCUT2D eigenvalue weighted by Gasteiger charge is -2.03. The molecule has 0 aliphatic carbocycles. The minimum absolute atomic E-state index is 0.172. The summed E-state index contributed by atoms with van der Waals surface area (Å²) >= 11 is 1.38. The van der Waals surface area contributed by atoms with Crippen molar-refractivity contribution in [3.63, 3.8) is 0 Å². The highest BCUT2D eigenvalue weighted by Crippen LogP contribution is 2.20. The standard InChI is InChI=1S/C16H15N5OS/c22-15(19-9-5-12-3-7-17-8-4-12)14-11-23-16(21-14)20-13-2-1-6-18-10-13/h1-4,6-8,10-11H,5,9H2,(H,19,22)(H,20,21). The van der Waals surface area contributed by atoms with Crippen molar-refractivity contribution in [3.8, 4) is 0 Å². The molecule has 7 heteroatoms. The first kappa shape index (κ1) is 15.1. The average molecular weight is 325 g/mol. The number of carbonyl (C=O) groups is 1. The highest BCUT2D eigenvalue weighted by Gasteiger charge is 2.10. The molecule has 0 unspecified atom stereocenters. The molecule has 116 valence electrons. The van der Waals surface area contributed by atoms with Gasteiger partial charge in [-0.25, -0.2) is 4.98 Å². The summed E-state index contributed by atoms with van der Waals surface area (Å²) in [5.74, 6) is -0.172. The molecule has 23 heavy (non-hydrogen) atoms. The third-order valence-corrected chi connectivity index (χ3v) is 3.86.